The van der Waals surface area contributed by atoms with Crippen molar-refractivity contribution >= 4 is 44.8 Å². The summed E-state index contributed by atoms with van der Waals surface area (Å²) in [5.41, 5.74) is 0.699. The van der Waals surface area contributed by atoms with E-state index in [1.54, 1.807) is 6.07 Å². The molecule has 0 spiro atoms. The van der Waals surface area contributed by atoms with Crippen LogP contribution in [0, 0.1) is 17.0 Å². The van der Waals surface area contributed by atoms with Crippen molar-refractivity contribution in [2.24, 2.45) is 0 Å². The Hall–Kier alpha value is -1.30. The van der Waals surface area contributed by atoms with Crippen LogP contribution in [0.5, 0.6) is 11.5 Å². The molecule has 0 fully saturated rings. The molecule has 0 aliphatic heterocycles. The van der Waals surface area contributed by atoms with Crippen LogP contribution in [0.15, 0.2) is 34.8 Å². The van der Waals surface area contributed by atoms with Crippen molar-refractivity contribution in [1.29, 1.82) is 0 Å². The smallest absolute Gasteiger partial charge is 0.272 e. The van der Waals surface area contributed by atoms with Crippen molar-refractivity contribution in [2.75, 3.05) is 0 Å². The molecule has 0 bridgehead atoms. The molecule has 0 heterocycles. The minimum absolute atomic E-state index is 0.0894. The fourth-order valence-electron chi connectivity index (χ4n) is 1.59. The number of nitro groups is 1. The Morgan fingerprint density at radius 1 is 1.20 bits per heavy atom. The third kappa shape index (κ3) is 3.23. The lowest BCUT2D eigenvalue weighted by Gasteiger charge is -2.11. The third-order valence-corrected chi connectivity index (χ3v) is 3.60. The second-order valence-electron chi connectivity index (χ2n) is 4.01. The van der Waals surface area contributed by atoms with E-state index in [2.05, 4.69) is 15.9 Å². The highest BCUT2D eigenvalue weighted by molar-refractivity contribution is 9.10. The van der Waals surface area contributed by atoms with E-state index in [-0.39, 0.29) is 21.5 Å². The Labute approximate surface area is 133 Å². The molecule has 0 N–H and O–H groups in total. The number of halogens is 3. The summed E-state index contributed by atoms with van der Waals surface area (Å²) in [7, 11) is 0. The Morgan fingerprint density at radius 2 is 1.80 bits per heavy atom. The van der Waals surface area contributed by atoms with E-state index < -0.39 is 4.92 Å². The van der Waals surface area contributed by atoms with Gasteiger partial charge in [-0.25, -0.2) is 0 Å². The first-order valence-corrected chi connectivity index (χ1v) is 7.01. The Kier molecular flexibility index (Phi) is 4.52. The lowest BCUT2D eigenvalue weighted by Crippen LogP contribution is -1.93. The van der Waals surface area contributed by atoms with Gasteiger partial charge in [-0.15, -0.1) is 0 Å². The van der Waals surface area contributed by atoms with Gasteiger partial charge in [0, 0.05) is 16.6 Å². The molecule has 7 heteroatoms. The van der Waals surface area contributed by atoms with Crippen LogP contribution in [0.3, 0.4) is 0 Å². The third-order valence-electron chi connectivity index (χ3n) is 2.54. The maximum Gasteiger partial charge on any atom is 0.272 e. The standard InChI is InChI=1S/C13H8BrCl2NO3/c1-7-4-8(14)2-3-12(7)20-13-10(15)5-9(17(18)19)6-11(13)16/h2-6H,1H3. The molecule has 4 nitrogen and oxygen atoms in total. The molecule has 0 aliphatic carbocycles. The Morgan fingerprint density at radius 3 is 2.30 bits per heavy atom. The highest BCUT2D eigenvalue weighted by atomic mass is 79.9. The summed E-state index contributed by atoms with van der Waals surface area (Å²) in [4.78, 5) is 10.1. The number of hydrogen-bond donors (Lipinski definition) is 0. The van der Waals surface area contributed by atoms with Gasteiger partial charge in [-0.3, -0.25) is 10.1 Å². The molecule has 0 aromatic heterocycles. The van der Waals surface area contributed by atoms with Crippen LogP contribution in [-0.2, 0) is 0 Å². The van der Waals surface area contributed by atoms with E-state index in [4.69, 9.17) is 27.9 Å². The van der Waals surface area contributed by atoms with E-state index in [1.807, 2.05) is 19.1 Å². The molecule has 2 aromatic carbocycles. The van der Waals surface area contributed by atoms with Crippen LogP contribution in [0.25, 0.3) is 0 Å². The highest BCUT2D eigenvalue weighted by Crippen LogP contribution is 2.40. The number of rotatable bonds is 3. The predicted octanol–water partition coefficient (Wildman–Crippen LogP) is 5.76. The topological polar surface area (TPSA) is 52.4 Å². The molecule has 104 valence electrons. The van der Waals surface area contributed by atoms with Crippen molar-refractivity contribution in [3.05, 3.63) is 60.5 Å². The van der Waals surface area contributed by atoms with Crippen LogP contribution in [0.2, 0.25) is 10.0 Å². The Bertz CT molecular complexity index is 668. The van der Waals surface area contributed by atoms with Gasteiger partial charge in [-0.05, 0) is 30.7 Å². The normalized spacial score (nSPS) is 10.4. The van der Waals surface area contributed by atoms with Crippen molar-refractivity contribution in [2.45, 2.75) is 6.92 Å². The number of ether oxygens (including phenoxy) is 1. The molecule has 0 aliphatic rings. The van der Waals surface area contributed by atoms with Gasteiger partial charge in [0.05, 0.1) is 15.0 Å². The molecule has 0 unspecified atom stereocenters. The molecule has 2 aromatic rings. The highest BCUT2D eigenvalue weighted by Gasteiger charge is 2.17. The first-order valence-electron chi connectivity index (χ1n) is 5.46. The maximum atomic E-state index is 10.7. The number of non-ortho nitro benzene ring substituents is 1. The molecule has 20 heavy (non-hydrogen) atoms. The predicted molar refractivity (Wildman–Crippen MR) is 82.1 cm³/mol. The van der Waals surface area contributed by atoms with Crippen molar-refractivity contribution in [3.8, 4) is 11.5 Å². The quantitative estimate of drug-likeness (QED) is 0.505. The van der Waals surface area contributed by atoms with Crippen molar-refractivity contribution in [1.82, 2.24) is 0 Å². The van der Waals surface area contributed by atoms with Crippen molar-refractivity contribution < 1.29 is 9.66 Å². The van der Waals surface area contributed by atoms with Crippen LogP contribution >= 0.6 is 39.1 Å². The van der Waals surface area contributed by atoms with Crippen LogP contribution in [0.1, 0.15) is 5.56 Å². The van der Waals surface area contributed by atoms with E-state index >= 15 is 0 Å². The number of aryl methyl sites for hydroxylation is 1. The van der Waals surface area contributed by atoms with E-state index in [9.17, 15) is 10.1 Å². The molecule has 0 saturated heterocycles. The minimum atomic E-state index is -0.563. The first-order chi connectivity index (χ1) is 9.38. The molecule has 0 saturated carbocycles. The molecular formula is C13H8BrCl2NO3. The fourth-order valence-corrected chi connectivity index (χ4v) is 2.61. The van der Waals surface area contributed by atoms with E-state index in [1.165, 1.54) is 12.1 Å². The molecule has 0 amide bonds. The van der Waals surface area contributed by atoms with Gasteiger partial charge in [-0.2, -0.15) is 0 Å². The molecule has 2 rings (SSSR count). The fraction of sp³-hybridized carbons (Fsp3) is 0.0769. The summed E-state index contributed by atoms with van der Waals surface area (Å²) in [6.07, 6.45) is 0. The van der Waals surface area contributed by atoms with Crippen molar-refractivity contribution in [3.63, 3.8) is 0 Å². The zero-order valence-corrected chi connectivity index (χ0v) is 13.3. The second kappa shape index (κ2) is 5.99. The van der Waals surface area contributed by atoms with Gasteiger partial charge in [0.1, 0.15) is 5.75 Å². The van der Waals surface area contributed by atoms with Gasteiger partial charge in [-0.1, -0.05) is 39.1 Å². The largest absolute Gasteiger partial charge is 0.454 e. The zero-order chi connectivity index (χ0) is 14.9. The number of hydrogen-bond acceptors (Lipinski definition) is 3. The van der Waals surface area contributed by atoms with Crippen LogP contribution in [-0.4, -0.2) is 4.92 Å². The summed E-state index contributed by atoms with van der Waals surface area (Å²) in [6.45, 7) is 1.87. The molecular weight excluding hydrogens is 369 g/mol. The second-order valence-corrected chi connectivity index (χ2v) is 5.74. The first kappa shape index (κ1) is 15.1. The Balaban J connectivity index is 2.41. The monoisotopic (exact) mass is 375 g/mol. The summed E-state index contributed by atoms with van der Waals surface area (Å²) < 4.78 is 6.57. The van der Waals surface area contributed by atoms with Gasteiger partial charge in [0.25, 0.3) is 5.69 Å². The van der Waals surface area contributed by atoms with E-state index in [0.29, 0.717) is 5.75 Å². The lowest BCUT2D eigenvalue weighted by molar-refractivity contribution is -0.384. The SMILES string of the molecule is Cc1cc(Br)ccc1Oc1c(Cl)cc([N+](=O)[O-])cc1Cl. The van der Waals surface area contributed by atoms with E-state index in [0.717, 1.165) is 10.0 Å². The summed E-state index contributed by atoms with van der Waals surface area (Å²) in [6, 6.07) is 7.86. The summed E-state index contributed by atoms with van der Waals surface area (Å²) in [5.74, 6) is 0.773. The minimum Gasteiger partial charge on any atom is -0.454 e. The average molecular weight is 377 g/mol. The number of nitrogens with zero attached hydrogens (tertiary/aromatic N) is 1. The lowest BCUT2D eigenvalue weighted by atomic mass is 10.2. The van der Waals surface area contributed by atoms with Gasteiger partial charge >= 0.3 is 0 Å². The zero-order valence-electron chi connectivity index (χ0n) is 10.2. The van der Waals surface area contributed by atoms with Gasteiger partial charge < -0.3 is 4.74 Å². The maximum absolute atomic E-state index is 10.7. The number of nitro benzene ring substituents is 1. The summed E-state index contributed by atoms with van der Waals surface area (Å²) >= 11 is 15.3. The average Bonchev–Trinajstić information content (AvgIpc) is 2.35. The van der Waals surface area contributed by atoms with Crippen LogP contribution < -0.4 is 4.74 Å². The van der Waals surface area contributed by atoms with Gasteiger partial charge in [0.2, 0.25) is 0 Å². The summed E-state index contributed by atoms with van der Waals surface area (Å²) in [5, 5.41) is 10.9. The van der Waals surface area contributed by atoms with Crippen LogP contribution in [0.4, 0.5) is 5.69 Å². The molecule has 0 atom stereocenters. The number of benzene rings is 2. The molecule has 0 radical (unpaired) electrons. The van der Waals surface area contributed by atoms with Gasteiger partial charge in [0.15, 0.2) is 5.75 Å².